The van der Waals surface area contributed by atoms with E-state index < -0.39 is 0 Å². The van der Waals surface area contributed by atoms with Gasteiger partial charge in [0.15, 0.2) is 0 Å². The van der Waals surface area contributed by atoms with Gasteiger partial charge in [0.25, 0.3) is 5.91 Å². The molecule has 18 heavy (non-hydrogen) atoms. The van der Waals surface area contributed by atoms with Crippen molar-refractivity contribution in [3.63, 3.8) is 0 Å². The number of halogens is 1. The fourth-order valence-corrected chi connectivity index (χ4v) is 2.76. The van der Waals surface area contributed by atoms with Gasteiger partial charge in [-0.3, -0.25) is 9.78 Å². The largest absolute Gasteiger partial charge is 0.334 e. The molecule has 4 nitrogen and oxygen atoms in total. The third-order valence-electron chi connectivity index (χ3n) is 3.62. The first-order chi connectivity index (χ1) is 8.65. The maximum absolute atomic E-state index is 12.5. The summed E-state index contributed by atoms with van der Waals surface area (Å²) in [6, 6.07) is 1.77. The number of nitrogens with two attached hydrogens (primary N) is 1. The summed E-state index contributed by atoms with van der Waals surface area (Å²) in [5.41, 5.74) is 6.31. The van der Waals surface area contributed by atoms with Gasteiger partial charge < -0.3 is 10.6 Å². The van der Waals surface area contributed by atoms with Crippen LogP contribution in [0.4, 0.5) is 0 Å². The second-order valence-corrected chi connectivity index (χ2v) is 5.18. The zero-order chi connectivity index (χ0) is 13.1. The number of likely N-dealkylation sites (tertiary alicyclic amines) is 1. The van der Waals surface area contributed by atoms with E-state index in [-0.39, 0.29) is 11.9 Å². The van der Waals surface area contributed by atoms with Crippen LogP contribution in [0.5, 0.6) is 0 Å². The summed E-state index contributed by atoms with van der Waals surface area (Å²) in [5.74, 6) is 0.401. The number of nitrogens with zero attached hydrogens (tertiary/aromatic N) is 2. The lowest BCUT2D eigenvalue weighted by Gasteiger charge is -2.39. The van der Waals surface area contributed by atoms with Crippen LogP contribution >= 0.6 is 11.6 Å². The lowest BCUT2D eigenvalue weighted by molar-refractivity contribution is 0.0532. The predicted octanol–water partition coefficient (Wildman–Crippen LogP) is 1.93. The molecule has 2 heterocycles. The highest BCUT2D eigenvalue weighted by Gasteiger charge is 2.31. The standard InChI is InChI=1S/C13H18ClN3O/c1-9-3-2-6-17(12(9)7-15)13(18)10-4-5-16-8-11(10)14/h4-5,8-9,12H,2-3,6-7,15H2,1H3/t9-,12+/m1/s1. The first-order valence-corrected chi connectivity index (χ1v) is 6.63. The van der Waals surface area contributed by atoms with Gasteiger partial charge in [-0.2, -0.15) is 0 Å². The smallest absolute Gasteiger partial charge is 0.255 e. The summed E-state index contributed by atoms with van der Waals surface area (Å²) in [6.45, 7) is 3.39. The van der Waals surface area contributed by atoms with Crippen molar-refractivity contribution in [1.82, 2.24) is 9.88 Å². The van der Waals surface area contributed by atoms with Crippen molar-refractivity contribution in [2.75, 3.05) is 13.1 Å². The van der Waals surface area contributed by atoms with Crippen LogP contribution < -0.4 is 5.73 Å². The molecule has 1 aliphatic rings. The Morgan fingerprint density at radius 2 is 2.44 bits per heavy atom. The number of carbonyl (C=O) groups is 1. The van der Waals surface area contributed by atoms with Gasteiger partial charge in [0.05, 0.1) is 10.6 Å². The Balaban J connectivity index is 2.25. The van der Waals surface area contributed by atoms with Crippen molar-refractivity contribution in [2.24, 2.45) is 11.7 Å². The van der Waals surface area contributed by atoms with Gasteiger partial charge in [0.2, 0.25) is 0 Å². The fraction of sp³-hybridized carbons (Fsp3) is 0.538. The number of piperidine rings is 1. The number of pyridine rings is 1. The quantitative estimate of drug-likeness (QED) is 0.891. The third-order valence-corrected chi connectivity index (χ3v) is 3.92. The van der Waals surface area contributed by atoms with Crippen LogP contribution in [0.3, 0.4) is 0 Å². The Morgan fingerprint density at radius 1 is 1.67 bits per heavy atom. The van der Waals surface area contributed by atoms with E-state index in [9.17, 15) is 4.79 Å². The van der Waals surface area contributed by atoms with Gasteiger partial charge >= 0.3 is 0 Å². The van der Waals surface area contributed by atoms with Gasteiger partial charge in [0, 0.05) is 31.5 Å². The van der Waals surface area contributed by atoms with Crippen molar-refractivity contribution in [2.45, 2.75) is 25.8 Å². The molecule has 1 saturated heterocycles. The molecule has 2 atom stereocenters. The SMILES string of the molecule is C[C@@H]1CCCN(C(=O)c2ccncc2Cl)[C@H]1CN. The van der Waals surface area contributed by atoms with Gasteiger partial charge in [-0.25, -0.2) is 0 Å². The number of aromatic nitrogens is 1. The molecular weight excluding hydrogens is 250 g/mol. The molecule has 0 aromatic carbocycles. The number of amides is 1. The summed E-state index contributed by atoms with van der Waals surface area (Å²) < 4.78 is 0. The fourth-order valence-electron chi connectivity index (χ4n) is 2.56. The van der Waals surface area contributed by atoms with Gasteiger partial charge in [0.1, 0.15) is 0 Å². The molecule has 1 fully saturated rings. The van der Waals surface area contributed by atoms with E-state index >= 15 is 0 Å². The average molecular weight is 268 g/mol. The second-order valence-electron chi connectivity index (χ2n) is 4.78. The zero-order valence-corrected chi connectivity index (χ0v) is 11.2. The second kappa shape index (κ2) is 5.67. The normalized spacial score (nSPS) is 24.1. The number of rotatable bonds is 2. The zero-order valence-electron chi connectivity index (χ0n) is 10.5. The Kier molecular flexibility index (Phi) is 4.19. The van der Waals surface area contributed by atoms with Crippen LogP contribution in [0.1, 0.15) is 30.1 Å². The molecule has 98 valence electrons. The summed E-state index contributed by atoms with van der Waals surface area (Å²) in [7, 11) is 0. The van der Waals surface area contributed by atoms with E-state index in [4.69, 9.17) is 17.3 Å². The van der Waals surface area contributed by atoms with Crippen LogP contribution in [0.15, 0.2) is 18.5 Å². The highest BCUT2D eigenvalue weighted by atomic mass is 35.5. The maximum atomic E-state index is 12.5. The average Bonchev–Trinajstić information content (AvgIpc) is 2.38. The first kappa shape index (κ1) is 13.3. The Hall–Kier alpha value is -1.13. The molecule has 0 unspecified atom stereocenters. The van der Waals surface area contributed by atoms with Crippen molar-refractivity contribution in [3.8, 4) is 0 Å². The molecule has 0 spiro atoms. The molecule has 1 aromatic rings. The molecule has 2 N–H and O–H groups in total. The molecular formula is C13H18ClN3O. The van der Waals surface area contributed by atoms with E-state index in [0.717, 1.165) is 19.4 Å². The minimum Gasteiger partial charge on any atom is -0.334 e. The van der Waals surface area contributed by atoms with Crippen LogP contribution in [0.2, 0.25) is 5.02 Å². The molecule has 0 saturated carbocycles. The summed E-state index contributed by atoms with van der Waals surface area (Å²) in [4.78, 5) is 18.2. The van der Waals surface area contributed by atoms with E-state index in [0.29, 0.717) is 23.0 Å². The van der Waals surface area contributed by atoms with Crippen molar-refractivity contribution >= 4 is 17.5 Å². The number of hydrogen-bond donors (Lipinski definition) is 1. The highest BCUT2D eigenvalue weighted by molar-refractivity contribution is 6.33. The highest BCUT2D eigenvalue weighted by Crippen LogP contribution is 2.26. The lowest BCUT2D eigenvalue weighted by Crippen LogP contribution is -2.51. The summed E-state index contributed by atoms with van der Waals surface area (Å²) >= 11 is 6.02. The van der Waals surface area contributed by atoms with Gasteiger partial charge in [-0.15, -0.1) is 0 Å². The molecule has 5 heteroatoms. The van der Waals surface area contributed by atoms with Gasteiger partial charge in [-0.05, 0) is 24.8 Å². The van der Waals surface area contributed by atoms with E-state index in [1.54, 1.807) is 12.3 Å². The molecule has 0 aliphatic carbocycles. The summed E-state index contributed by atoms with van der Waals surface area (Å²) in [6.07, 6.45) is 5.23. The molecule has 0 radical (unpaired) electrons. The molecule has 1 amide bonds. The Bertz CT molecular complexity index is 438. The monoisotopic (exact) mass is 267 g/mol. The molecule has 1 aromatic heterocycles. The van der Waals surface area contributed by atoms with Crippen molar-refractivity contribution in [1.29, 1.82) is 0 Å². The minimum absolute atomic E-state index is 0.0376. The molecule has 1 aliphatic heterocycles. The van der Waals surface area contributed by atoms with Crippen molar-refractivity contribution < 1.29 is 4.79 Å². The topological polar surface area (TPSA) is 59.2 Å². The van der Waals surface area contributed by atoms with Crippen LogP contribution in [0.25, 0.3) is 0 Å². The van der Waals surface area contributed by atoms with E-state index in [1.165, 1.54) is 6.20 Å². The molecule has 2 rings (SSSR count). The minimum atomic E-state index is -0.0376. The Labute approximate surface area is 112 Å². The third kappa shape index (κ3) is 2.49. The molecule has 0 bridgehead atoms. The maximum Gasteiger partial charge on any atom is 0.255 e. The Morgan fingerprint density at radius 3 is 3.11 bits per heavy atom. The first-order valence-electron chi connectivity index (χ1n) is 6.25. The van der Waals surface area contributed by atoms with Crippen LogP contribution in [0, 0.1) is 5.92 Å². The lowest BCUT2D eigenvalue weighted by atomic mass is 9.90. The van der Waals surface area contributed by atoms with E-state index in [2.05, 4.69) is 11.9 Å². The summed E-state index contributed by atoms with van der Waals surface area (Å²) in [5, 5.41) is 0.400. The van der Waals surface area contributed by atoms with Crippen LogP contribution in [-0.4, -0.2) is 34.9 Å². The predicted molar refractivity (Wildman–Crippen MR) is 71.5 cm³/mol. The van der Waals surface area contributed by atoms with Crippen molar-refractivity contribution in [3.05, 3.63) is 29.0 Å². The van der Waals surface area contributed by atoms with Crippen LogP contribution in [-0.2, 0) is 0 Å². The van der Waals surface area contributed by atoms with E-state index in [1.807, 2.05) is 4.90 Å². The number of hydrogen-bond acceptors (Lipinski definition) is 3. The number of carbonyl (C=O) groups excluding carboxylic acids is 1. The van der Waals surface area contributed by atoms with Gasteiger partial charge in [-0.1, -0.05) is 18.5 Å².